The van der Waals surface area contributed by atoms with E-state index in [0.717, 1.165) is 18.6 Å². The van der Waals surface area contributed by atoms with E-state index in [1.807, 2.05) is 9.80 Å². The minimum Gasteiger partial charge on any atom is -0.475 e. The van der Waals surface area contributed by atoms with Gasteiger partial charge in [-0.2, -0.15) is 23.1 Å². The molecule has 5 aliphatic heterocycles. The van der Waals surface area contributed by atoms with Crippen molar-refractivity contribution >= 4 is 34.4 Å². The predicted molar refractivity (Wildman–Crippen MR) is 185 cm³/mol. The number of rotatable bonds is 7. The normalized spacial score (nSPS) is 26.4. The summed E-state index contributed by atoms with van der Waals surface area (Å²) in [4.78, 5) is 32.8. The van der Waals surface area contributed by atoms with E-state index in [4.69, 9.17) is 40.3 Å². The van der Waals surface area contributed by atoms with Crippen LogP contribution in [0.2, 0.25) is 5.02 Å². The van der Waals surface area contributed by atoms with E-state index < -0.39 is 69.3 Å². The molecule has 5 atom stereocenters. The minimum atomic E-state index is -5.03. The maximum absolute atomic E-state index is 17.1. The van der Waals surface area contributed by atoms with Crippen LogP contribution in [0.1, 0.15) is 58.4 Å². The van der Waals surface area contributed by atoms with E-state index in [1.165, 1.54) is 7.11 Å². The van der Waals surface area contributed by atoms with E-state index in [0.29, 0.717) is 25.8 Å². The number of pyridine rings is 1. The number of carbonyl (C=O) groups excluding carboxylic acids is 1. The number of piperazine rings is 1. The molecule has 4 saturated heterocycles. The lowest BCUT2D eigenvalue weighted by molar-refractivity contribution is -0.137. The first-order valence-electron chi connectivity index (χ1n) is 17.9. The number of halogens is 6. The second-order valence-electron chi connectivity index (χ2n) is 15.6. The average Bonchev–Trinajstić information content (AvgIpc) is 3.69. The topological polar surface area (TPSA) is 112 Å². The van der Waals surface area contributed by atoms with Crippen LogP contribution >= 0.6 is 11.6 Å². The Morgan fingerprint density at radius 2 is 1.89 bits per heavy atom. The third-order valence-electron chi connectivity index (χ3n) is 11.0. The zero-order chi connectivity index (χ0) is 38.3. The number of amides is 1. The second-order valence-corrected chi connectivity index (χ2v) is 16.0. The SMILES string of the molecule is COCOc1cc(Cl)c(C(F)(F)F)c(-c2nc3c4c(nc(OC[C@@]56CCCN5C[C@@H](F)C6)nc4c2F)N2C[C@H]4CCC([C@H]2CO3)N4C(=O)OC(C)(C)C)c1. The van der Waals surface area contributed by atoms with Crippen molar-refractivity contribution in [3.63, 3.8) is 0 Å². The molecule has 0 saturated carbocycles. The number of hydrogen-bond acceptors (Lipinski definition) is 11. The summed E-state index contributed by atoms with van der Waals surface area (Å²) < 4.78 is 104. The van der Waals surface area contributed by atoms with Crippen LogP contribution in [0.4, 0.5) is 32.6 Å². The fourth-order valence-corrected chi connectivity index (χ4v) is 9.14. The van der Waals surface area contributed by atoms with Crippen molar-refractivity contribution in [1.82, 2.24) is 24.8 Å². The second kappa shape index (κ2) is 13.4. The molecule has 54 heavy (non-hydrogen) atoms. The van der Waals surface area contributed by atoms with Gasteiger partial charge in [0.15, 0.2) is 12.6 Å². The number of carbonyl (C=O) groups is 1. The Kier molecular flexibility index (Phi) is 9.15. The van der Waals surface area contributed by atoms with Crippen LogP contribution < -0.4 is 19.1 Å². The molecule has 0 radical (unpaired) electrons. The molecule has 0 spiro atoms. The molecule has 0 aliphatic carbocycles. The summed E-state index contributed by atoms with van der Waals surface area (Å²) in [7, 11) is 1.33. The highest BCUT2D eigenvalue weighted by molar-refractivity contribution is 6.32. The molecule has 1 amide bonds. The van der Waals surface area contributed by atoms with Gasteiger partial charge in [0.2, 0.25) is 5.88 Å². The molecule has 8 rings (SSSR count). The molecule has 12 nitrogen and oxygen atoms in total. The van der Waals surface area contributed by atoms with E-state index in [2.05, 4.69) is 9.97 Å². The van der Waals surface area contributed by atoms with Crippen molar-refractivity contribution in [2.75, 3.05) is 51.7 Å². The average molecular weight is 783 g/mol. The molecular weight excluding hydrogens is 743 g/mol. The number of aromatic nitrogens is 3. The van der Waals surface area contributed by atoms with Crippen LogP contribution in [0.25, 0.3) is 22.2 Å². The Morgan fingerprint density at radius 3 is 2.63 bits per heavy atom. The summed E-state index contributed by atoms with van der Waals surface area (Å²) in [5.74, 6) is -1.33. The Morgan fingerprint density at radius 1 is 1.09 bits per heavy atom. The van der Waals surface area contributed by atoms with Gasteiger partial charge < -0.3 is 28.6 Å². The van der Waals surface area contributed by atoms with Crippen molar-refractivity contribution in [2.45, 2.75) is 94.5 Å². The van der Waals surface area contributed by atoms with Crippen molar-refractivity contribution < 1.29 is 50.4 Å². The number of hydrogen-bond donors (Lipinski definition) is 0. The van der Waals surface area contributed by atoms with Gasteiger partial charge in [-0.1, -0.05) is 11.6 Å². The number of alkyl halides is 4. The summed E-state index contributed by atoms with van der Waals surface area (Å²) in [6, 6.07) is 0.492. The Hall–Kier alpha value is -3.96. The van der Waals surface area contributed by atoms with E-state index in [1.54, 1.807) is 25.7 Å². The van der Waals surface area contributed by atoms with Crippen molar-refractivity contribution in [3.05, 3.63) is 28.5 Å². The van der Waals surface area contributed by atoms with Gasteiger partial charge in [0.1, 0.15) is 53.2 Å². The molecule has 2 aromatic heterocycles. The number of ether oxygens (including phenoxy) is 5. The summed E-state index contributed by atoms with van der Waals surface area (Å²) in [5.41, 5.74) is -4.51. The van der Waals surface area contributed by atoms with Gasteiger partial charge in [-0.15, -0.1) is 0 Å². The first kappa shape index (κ1) is 37.0. The number of methoxy groups -OCH3 is 1. The van der Waals surface area contributed by atoms with Crippen LogP contribution in [0.3, 0.4) is 0 Å². The van der Waals surface area contributed by atoms with E-state index >= 15 is 4.39 Å². The van der Waals surface area contributed by atoms with Crippen molar-refractivity contribution in [3.8, 4) is 28.9 Å². The first-order chi connectivity index (χ1) is 25.6. The van der Waals surface area contributed by atoms with Crippen LogP contribution in [-0.4, -0.2) is 113 Å². The van der Waals surface area contributed by atoms with Crippen LogP contribution in [-0.2, 0) is 15.7 Å². The lowest BCUT2D eigenvalue weighted by Crippen LogP contribution is -2.63. The maximum Gasteiger partial charge on any atom is 0.418 e. The molecule has 5 aliphatic rings. The fourth-order valence-electron chi connectivity index (χ4n) is 8.82. The zero-order valence-corrected chi connectivity index (χ0v) is 30.9. The summed E-state index contributed by atoms with van der Waals surface area (Å²) in [6.45, 7) is 6.24. The monoisotopic (exact) mass is 782 g/mol. The standard InChI is InChI=1S/C36H40ClF5N6O6/c1-34(2,3)54-33(49)48-19-6-7-23(48)24-15-51-31-25-29(27(39)28(43-31)21-10-20(53-17-50-4)11-22(37)26(21)36(40,41)42)44-32(45-30(25)47(24)14-19)52-16-35-8-5-9-46(35)13-18(38)12-35/h10-11,18-19,23-24H,5-9,12-17H2,1-4H3/t18-,19+,23?,24+,35-/m0/s1. The number of anilines is 1. The summed E-state index contributed by atoms with van der Waals surface area (Å²) >= 11 is 6.19. The molecule has 3 aromatic rings. The van der Waals surface area contributed by atoms with Gasteiger partial charge in [-0.3, -0.25) is 9.80 Å². The number of benzene rings is 1. The minimum absolute atomic E-state index is 0.0229. The number of fused-ring (bicyclic) bond motifs is 6. The van der Waals surface area contributed by atoms with E-state index in [-0.39, 0.29) is 79.9 Å². The van der Waals surface area contributed by atoms with Crippen LogP contribution in [0.15, 0.2) is 12.1 Å². The molecule has 18 heteroatoms. The van der Waals surface area contributed by atoms with Crippen molar-refractivity contribution in [1.29, 1.82) is 0 Å². The maximum atomic E-state index is 17.1. The van der Waals surface area contributed by atoms with Gasteiger partial charge in [0, 0.05) is 32.2 Å². The quantitative estimate of drug-likeness (QED) is 0.187. The highest BCUT2D eigenvalue weighted by atomic mass is 35.5. The van der Waals surface area contributed by atoms with Gasteiger partial charge in [-0.25, -0.2) is 18.6 Å². The largest absolute Gasteiger partial charge is 0.475 e. The Bertz CT molecular complexity index is 1990. The van der Waals surface area contributed by atoms with Crippen molar-refractivity contribution in [2.24, 2.45) is 0 Å². The van der Waals surface area contributed by atoms with Gasteiger partial charge >= 0.3 is 18.3 Å². The third kappa shape index (κ3) is 6.38. The van der Waals surface area contributed by atoms with Gasteiger partial charge in [0.05, 0.1) is 34.3 Å². The van der Waals surface area contributed by atoms with Crippen LogP contribution in [0, 0.1) is 5.82 Å². The Balaban J connectivity index is 1.27. The molecule has 1 aromatic carbocycles. The third-order valence-corrected chi connectivity index (χ3v) is 11.3. The lowest BCUT2D eigenvalue weighted by Gasteiger charge is -2.46. The molecule has 1 unspecified atom stereocenters. The fraction of sp³-hybridized carbons (Fsp3) is 0.611. The van der Waals surface area contributed by atoms with Gasteiger partial charge in [-0.05, 0) is 65.1 Å². The summed E-state index contributed by atoms with van der Waals surface area (Å²) in [6.07, 6.45) is -3.45. The smallest absolute Gasteiger partial charge is 0.418 e. The zero-order valence-electron chi connectivity index (χ0n) is 30.1. The molecule has 4 fully saturated rings. The summed E-state index contributed by atoms with van der Waals surface area (Å²) in [5, 5.41) is -0.710. The molecule has 7 heterocycles. The molecule has 0 N–H and O–H groups in total. The van der Waals surface area contributed by atoms with Gasteiger partial charge in [0.25, 0.3) is 0 Å². The van der Waals surface area contributed by atoms with E-state index in [9.17, 15) is 22.4 Å². The highest BCUT2D eigenvalue weighted by Gasteiger charge is 2.53. The lowest BCUT2D eigenvalue weighted by atomic mass is 9.95. The molecule has 292 valence electrons. The Labute approximate surface area is 312 Å². The van der Waals surface area contributed by atoms with Crippen LogP contribution in [0.5, 0.6) is 17.6 Å². The predicted octanol–water partition coefficient (Wildman–Crippen LogP) is 6.79. The number of nitrogens with zero attached hydrogens (tertiary/aromatic N) is 6. The highest BCUT2D eigenvalue weighted by Crippen LogP contribution is 2.49. The molecular formula is C36H40ClF5N6O6. The first-order valence-corrected chi connectivity index (χ1v) is 18.3. The molecule has 2 bridgehead atoms.